The van der Waals surface area contributed by atoms with Crippen molar-refractivity contribution in [1.29, 1.82) is 0 Å². The lowest BCUT2D eigenvalue weighted by molar-refractivity contribution is 0.127. The van der Waals surface area contributed by atoms with Crippen molar-refractivity contribution in [3.63, 3.8) is 0 Å². The minimum absolute atomic E-state index is 0.152. The third kappa shape index (κ3) is 3.38. The Morgan fingerprint density at radius 2 is 2.00 bits per heavy atom. The Morgan fingerprint density at radius 1 is 1.26 bits per heavy atom. The summed E-state index contributed by atoms with van der Waals surface area (Å²) in [6.45, 7) is 5.17. The summed E-state index contributed by atoms with van der Waals surface area (Å²) in [6, 6.07) is 10.3. The number of hydrogen-bond acceptors (Lipinski definition) is 2. The second kappa shape index (κ2) is 6.76. The topological polar surface area (TPSA) is 29.5 Å². The fraction of sp³-hybridized carbons (Fsp3) is 0.529. The lowest BCUT2D eigenvalue weighted by Crippen LogP contribution is -2.27. The first kappa shape index (κ1) is 14.1. The Morgan fingerprint density at radius 3 is 2.58 bits per heavy atom. The zero-order valence-electron chi connectivity index (χ0n) is 11.9. The smallest absolute Gasteiger partial charge is 0.0876 e. The predicted molar refractivity (Wildman–Crippen MR) is 77.9 cm³/mol. The molecule has 1 heterocycles. The van der Waals surface area contributed by atoms with Gasteiger partial charge in [-0.25, -0.2) is 0 Å². The van der Waals surface area contributed by atoms with Gasteiger partial charge in [0.2, 0.25) is 0 Å². The third-order valence-corrected chi connectivity index (χ3v) is 4.12. The maximum atomic E-state index is 10.7. The largest absolute Gasteiger partial charge is 0.501 e. The molecule has 104 valence electrons. The van der Waals surface area contributed by atoms with Gasteiger partial charge in [0.15, 0.2) is 0 Å². The number of aliphatic hydroxyl groups is 1. The van der Waals surface area contributed by atoms with Crippen LogP contribution in [0.1, 0.15) is 44.6 Å². The van der Waals surface area contributed by atoms with Crippen molar-refractivity contribution in [3.05, 3.63) is 47.7 Å². The van der Waals surface area contributed by atoms with E-state index in [1.165, 1.54) is 5.56 Å². The molecule has 0 amide bonds. The second-order valence-corrected chi connectivity index (χ2v) is 5.43. The molecule has 0 fully saturated rings. The molecule has 1 N–H and O–H groups in total. The van der Waals surface area contributed by atoms with Gasteiger partial charge in [-0.2, -0.15) is 0 Å². The highest BCUT2D eigenvalue weighted by molar-refractivity contribution is 5.26. The van der Waals surface area contributed by atoms with Gasteiger partial charge < -0.3 is 9.84 Å². The van der Waals surface area contributed by atoms with E-state index in [2.05, 4.69) is 26.0 Å². The van der Waals surface area contributed by atoms with Crippen LogP contribution in [0.5, 0.6) is 0 Å². The van der Waals surface area contributed by atoms with E-state index in [-0.39, 0.29) is 5.92 Å². The lowest BCUT2D eigenvalue weighted by atomic mass is 9.78. The lowest BCUT2D eigenvalue weighted by Gasteiger charge is -2.31. The van der Waals surface area contributed by atoms with Crippen molar-refractivity contribution in [2.24, 2.45) is 5.92 Å². The average molecular weight is 260 g/mol. The molecule has 3 atom stereocenters. The van der Waals surface area contributed by atoms with E-state index in [0.717, 1.165) is 31.4 Å². The summed E-state index contributed by atoms with van der Waals surface area (Å²) in [6.07, 6.45) is 4.35. The molecule has 0 radical (unpaired) electrons. The van der Waals surface area contributed by atoms with Crippen molar-refractivity contribution in [3.8, 4) is 0 Å². The van der Waals surface area contributed by atoms with Gasteiger partial charge >= 0.3 is 0 Å². The first-order valence-corrected chi connectivity index (χ1v) is 7.27. The quantitative estimate of drug-likeness (QED) is 0.870. The average Bonchev–Trinajstić information content (AvgIpc) is 2.49. The molecule has 2 rings (SSSR count). The van der Waals surface area contributed by atoms with Crippen LogP contribution in [-0.2, 0) is 4.74 Å². The maximum absolute atomic E-state index is 10.7. The molecule has 1 aromatic rings. The number of benzene rings is 1. The molecular weight excluding hydrogens is 236 g/mol. The van der Waals surface area contributed by atoms with E-state index in [1.807, 2.05) is 18.2 Å². The molecule has 0 aliphatic carbocycles. The Hall–Kier alpha value is -1.28. The minimum atomic E-state index is -0.433. The summed E-state index contributed by atoms with van der Waals surface area (Å²) in [4.78, 5) is 0. The number of hydrogen-bond donors (Lipinski definition) is 1. The molecule has 0 spiro atoms. The molecular formula is C17H24O2. The highest BCUT2D eigenvalue weighted by Crippen LogP contribution is 2.35. The maximum Gasteiger partial charge on any atom is 0.0876 e. The van der Waals surface area contributed by atoms with Crippen LogP contribution in [0.4, 0.5) is 0 Å². The van der Waals surface area contributed by atoms with Crippen LogP contribution in [0.3, 0.4) is 0 Å². The zero-order chi connectivity index (χ0) is 13.7. The van der Waals surface area contributed by atoms with Gasteiger partial charge in [-0.05, 0) is 29.9 Å². The zero-order valence-corrected chi connectivity index (χ0v) is 11.9. The fourth-order valence-corrected chi connectivity index (χ4v) is 2.78. The van der Waals surface area contributed by atoms with Crippen LogP contribution in [0.25, 0.3) is 0 Å². The van der Waals surface area contributed by atoms with Gasteiger partial charge in [0.25, 0.3) is 0 Å². The fourth-order valence-electron chi connectivity index (χ4n) is 2.78. The first-order chi connectivity index (χ1) is 9.24. The van der Waals surface area contributed by atoms with E-state index in [0.29, 0.717) is 5.92 Å². The van der Waals surface area contributed by atoms with Crippen LogP contribution < -0.4 is 0 Å². The SMILES string of the molecule is CCC(C)C(c1ccccc1)C(O)C1=COCCC1. The van der Waals surface area contributed by atoms with Crippen molar-refractivity contribution >= 4 is 0 Å². The normalized spacial score (nSPS) is 20.1. The van der Waals surface area contributed by atoms with Crippen LogP contribution in [0.15, 0.2) is 42.2 Å². The molecule has 0 aromatic heterocycles. The Labute approximate surface area is 116 Å². The summed E-state index contributed by atoms with van der Waals surface area (Å²) < 4.78 is 5.38. The molecule has 0 saturated heterocycles. The monoisotopic (exact) mass is 260 g/mol. The van der Waals surface area contributed by atoms with Crippen LogP contribution >= 0.6 is 0 Å². The van der Waals surface area contributed by atoms with Crippen molar-refractivity contribution < 1.29 is 9.84 Å². The van der Waals surface area contributed by atoms with Crippen LogP contribution in [0.2, 0.25) is 0 Å². The van der Waals surface area contributed by atoms with Gasteiger partial charge in [0.1, 0.15) is 0 Å². The third-order valence-electron chi connectivity index (χ3n) is 4.12. The Kier molecular flexibility index (Phi) is 5.03. The van der Waals surface area contributed by atoms with E-state index < -0.39 is 6.10 Å². The molecule has 0 bridgehead atoms. The minimum Gasteiger partial charge on any atom is -0.501 e. The number of aliphatic hydroxyl groups excluding tert-OH is 1. The van der Waals surface area contributed by atoms with E-state index >= 15 is 0 Å². The van der Waals surface area contributed by atoms with E-state index in [1.54, 1.807) is 6.26 Å². The molecule has 3 unspecified atom stereocenters. The highest BCUT2D eigenvalue weighted by Gasteiger charge is 2.29. The Balaban J connectivity index is 2.25. The predicted octanol–water partition coefficient (Wildman–Crippen LogP) is 3.87. The molecule has 0 saturated carbocycles. The number of ether oxygens (including phenoxy) is 1. The molecule has 1 aromatic carbocycles. The first-order valence-electron chi connectivity index (χ1n) is 7.27. The summed E-state index contributed by atoms with van der Waals surface area (Å²) >= 11 is 0. The molecule has 19 heavy (non-hydrogen) atoms. The van der Waals surface area contributed by atoms with Crippen LogP contribution in [0, 0.1) is 5.92 Å². The number of rotatable bonds is 5. The van der Waals surface area contributed by atoms with Gasteiger partial charge in [0, 0.05) is 5.92 Å². The van der Waals surface area contributed by atoms with Crippen molar-refractivity contribution in [1.82, 2.24) is 0 Å². The van der Waals surface area contributed by atoms with Gasteiger partial charge in [0.05, 0.1) is 19.0 Å². The molecule has 2 nitrogen and oxygen atoms in total. The standard InChI is InChI=1S/C17H24O2/c1-3-13(2)16(14-8-5-4-6-9-14)17(18)15-10-7-11-19-12-15/h4-6,8-9,12-13,16-18H,3,7,10-11H2,1-2H3. The van der Waals surface area contributed by atoms with E-state index in [4.69, 9.17) is 4.74 Å². The molecule has 1 aliphatic heterocycles. The summed E-state index contributed by atoms with van der Waals surface area (Å²) in [5.41, 5.74) is 2.26. The summed E-state index contributed by atoms with van der Waals surface area (Å²) in [5, 5.41) is 10.7. The van der Waals surface area contributed by atoms with Crippen molar-refractivity contribution in [2.75, 3.05) is 6.61 Å². The van der Waals surface area contributed by atoms with E-state index in [9.17, 15) is 5.11 Å². The van der Waals surface area contributed by atoms with Gasteiger partial charge in [-0.15, -0.1) is 0 Å². The molecule has 1 aliphatic rings. The second-order valence-electron chi connectivity index (χ2n) is 5.43. The highest BCUT2D eigenvalue weighted by atomic mass is 16.5. The molecule has 2 heteroatoms. The summed E-state index contributed by atoms with van der Waals surface area (Å²) in [7, 11) is 0. The van der Waals surface area contributed by atoms with Crippen LogP contribution in [-0.4, -0.2) is 17.8 Å². The van der Waals surface area contributed by atoms with Crippen molar-refractivity contribution in [2.45, 2.75) is 45.1 Å². The summed E-state index contributed by atoms with van der Waals surface area (Å²) in [5.74, 6) is 0.597. The van der Waals surface area contributed by atoms with Gasteiger partial charge in [-0.1, -0.05) is 50.6 Å². The Bertz CT molecular complexity index is 411. The van der Waals surface area contributed by atoms with Gasteiger partial charge in [-0.3, -0.25) is 0 Å².